The molecule has 3 aromatic rings. The number of ether oxygens (including phenoxy) is 2. The van der Waals surface area contributed by atoms with Gasteiger partial charge in [-0.1, -0.05) is 41.9 Å². The Hall–Kier alpha value is -3.28. The first-order valence-corrected chi connectivity index (χ1v) is 9.56. The molecule has 1 aliphatic carbocycles. The summed E-state index contributed by atoms with van der Waals surface area (Å²) in [5.74, 6) is 1.09. The average molecular weight is 376 g/mol. The van der Waals surface area contributed by atoms with Crippen molar-refractivity contribution in [2.24, 2.45) is 0 Å². The van der Waals surface area contributed by atoms with Crippen molar-refractivity contribution in [1.29, 1.82) is 0 Å². The van der Waals surface area contributed by atoms with Crippen LogP contribution in [0.3, 0.4) is 0 Å². The van der Waals surface area contributed by atoms with E-state index < -0.39 is 5.79 Å². The lowest BCUT2D eigenvalue weighted by Crippen LogP contribution is -2.40. The number of hydrogen-bond acceptors (Lipinski definition) is 5. The van der Waals surface area contributed by atoms with Gasteiger partial charge in [0.2, 0.25) is 0 Å². The van der Waals surface area contributed by atoms with Crippen molar-refractivity contribution in [3.8, 4) is 22.8 Å². The Kier molecular flexibility index (Phi) is 4.04. The molecule has 1 N–H and O–H groups in total. The maximum absolute atomic E-state index is 12.5. The lowest BCUT2D eigenvalue weighted by Gasteiger charge is -2.31. The Balaban J connectivity index is 1.31. The first-order chi connectivity index (χ1) is 13.7. The lowest BCUT2D eigenvalue weighted by molar-refractivity contribution is -0.105. The van der Waals surface area contributed by atoms with Gasteiger partial charge in [0.15, 0.2) is 23.0 Å². The predicted octanol–water partition coefficient (Wildman–Crippen LogP) is 5.03. The van der Waals surface area contributed by atoms with Gasteiger partial charge >= 0.3 is 0 Å². The topological polar surface area (TPSA) is 73.6 Å². The van der Waals surface area contributed by atoms with Crippen LogP contribution in [0, 0.1) is 0 Å². The third kappa shape index (κ3) is 3.11. The third-order valence-electron chi connectivity index (χ3n) is 5.21. The average Bonchev–Trinajstić information content (AvgIpc) is 3.34. The minimum absolute atomic E-state index is 0.222. The van der Waals surface area contributed by atoms with Crippen molar-refractivity contribution in [3.05, 3.63) is 60.3 Å². The zero-order valence-electron chi connectivity index (χ0n) is 15.3. The lowest BCUT2D eigenvalue weighted by atomic mass is 9.94. The molecule has 1 aliphatic heterocycles. The van der Waals surface area contributed by atoms with Gasteiger partial charge in [-0.05, 0) is 25.0 Å². The van der Waals surface area contributed by atoms with Gasteiger partial charge in [-0.3, -0.25) is 4.79 Å². The Morgan fingerprint density at radius 2 is 1.71 bits per heavy atom. The van der Waals surface area contributed by atoms with Crippen LogP contribution in [0.5, 0.6) is 11.5 Å². The number of rotatable bonds is 3. The van der Waals surface area contributed by atoms with E-state index in [4.69, 9.17) is 14.0 Å². The van der Waals surface area contributed by atoms with E-state index in [2.05, 4.69) is 10.5 Å². The van der Waals surface area contributed by atoms with Crippen molar-refractivity contribution < 1.29 is 18.8 Å². The minimum Gasteiger partial charge on any atom is -0.448 e. The molecule has 6 heteroatoms. The van der Waals surface area contributed by atoms with Gasteiger partial charge in [-0.25, -0.2) is 0 Å². The van der Waals surface area contributed by atoms with E-state index >= 15 is 0 Å². The Labute approximate surface area is 162 Å². The van der Waals surface area contributed by atoms with E-state index in [9.17, 15) is 4.79 Å². The van der Waals surface area contributed by atoms with Crippen LogP contribution in [-0.4, -0.2) is 16.9 Å². The highest BCUT2D eigenvalue weighted by Crippen LogP contribution is 2.46. The molecule has 0 unspecified atom stereocenters. The summed E-state index contributed by atoms with van der Waals surface area (Å²) in [4.78, 5) is 12.5. The molecule has 2 aromatic carbocycles. The zero-order chi connectivity index (χ0) is 19.0. The molecular formula is C22H20N2O4. The number of nitrogens with one attached hydrogen (secondary N) is 1. The SMILES string of the molecule is O=C(Nc1ccc2c(c1)OC1(CCCCC1)O2)c1cc(-c2ccccc2)on1. The van der Waals surface area contributed by atoms with Gasteiger partial charge in [0, 0.05) is 36.2 Å². The molecule has 1 spiro atoms. The number of anilines is 1. The number of hydrogen-bond donors (Lipinski definition) is 1. The highest BCUT2D eigenvalue weighted by atomic mass is 16.7. The molecule has 0 atom stereocenters. The normalized spacial score (nSPS) is 16.9. The van der Waals surface area contributed by atoms with Gasteiger partial charge in [0.05, 0.1) is 0 Å². The maximum Gasteiger partial charge on any atom is 0.277 e. The van der Waals surface area contributed by atoms with Crippen LogP contribution in [0.4, 0.5) is 5.69 Å². The summed E-state index contributed by atoms with van der Waals surface area (Å²) in [7, 11) is 0. The molecule has 1 fully saturated rings. The van der Waals surface area contributed by atoms with Crippen molar-refractivity contribution in [2.45, 2.75) is 37.9 Å². The number of nitrogens with zero attached hydrogens (tertiary/aromatic N) is 1. The molecule has 5 rings (SSSR count). The Morgan fingerprint density at radius 1 is 0.929 bits per heavy atom. The van der Waals surface area contributed by atoms with Crippen LogP contribution in [-0.2, 0) is 0 Å². The fourth-order valence-corrected chi connectivity index (χ4v) is 3.78. The molecule has 2 heterocycles. The van der Waals surface area contributed by atoms with Crippen LogP contribution in [0.25, 0.3) is 11.3 Å². The molecule has 1 amide bonds. The van der Waals surface area contributed by atoms with E-state index in [1.165, 1.54) is 6.42 Å². The molecule has 142 valence electrons. The summed E-state index contributed by atoms with van der Waals surface area (Å²) in [6.45, 7) is 0. The Bertz CT molecular complexity index is 1010. The van der Waals surface area contributed by atoms with Crippen LogP contribution in [0.1, 0.15) is 42.6 Å². The highest BCUT2D eigenvalue weighted by Gasteiger charge is 2.42. The van der Waals surface area contributed by atoms with Crippen LogP contribution in [0.15, 0.2) is 59.1 Å². The summed E-state index contributed by atoms with van der Waals surface area (Å²) in [5, 5.41) is 6.73. The summed E-state index contributed by atoms with van der Waals surface area (Å²) in [6, 6.07) is 16.6. The summed E-state index contributed by atoms with van der Waals surface area (Å²) < 4.78 is 17.5. The van der Waals surface area contributed by atoms with Gasteiger partial charge in [0.1, 0.15) is 0 Å². The molecule has 6 nitrogen and oxygen atoms in total. The van der Waals surface area contributed by atoms with Crippen molar-refractivity contribution >= 4 is 11.6 Å². The van der Waals surface area contributed by atoms with Gasteiger partial charge in [0.25, 0.3) is 11.7 Å². The summed E-state index contributed by atoms with van der Waals surface area (Å²) in [6.07, 6.45) is 5.21. The highest BCUT2D eigenvalue weighted by molar-refractivity contribution is 6.03. The van der Waals surface area contributed by atoms with E-state index in [0.29, 0.717) is 17.2 Å². The smallest absolute Gasteiger partial charge is 0.277 e. The minimum atomic E-state index is -0.528. The zero-order valence-corrected chi connectivity index (χ0v) is 15.3. The molecule has 0 bridgehead atoms. The largest absolute Gasteiger partial charge is 0.448 e. The summed E-state index contributed by atoms with van der Waals surface area (Å²) >= 11 is 0. The summed E-state index contributed by atoms with van der Waals surface area (Å²) in [5.41, 5.74) is 1.72. The molecule has 28 heavy (non-hydrogen) atoms. The number of fused-ring (bicyclic) bond motifs is 1. The molecular weight excluding hydrogens is 356 g/mol. The second-order valence-electron chi connectivity index (χ2n) is 7.23. The standard InChI is InChI=1S/C22H20N2O4/c25-21(17-14-19(28-24-17)15-7-3-1-4-8-15)23-16-9-10-18-20(13-16)27-22(26-18)11-5-2-6-12-22/h1,3-4,7-10,13-14H,2,5-6,11-12H2,(H,23,25). The second-order valence-corrected chi connectivity index (χ2v) is 7.23. The van der Waals surface area contributed by atoms with Crippen molar-refractivity contribution in [3.63, 3.8) is 0 Å². The molecule has 0 saturated heterocycles. The maximum atomic E-state index is 12.5. The number of carbonyl (C=O) groups excluding carboxylic acids is 1. The van der Waals surface area contributed by atoms with Gasteiger partial charge in [-0.2, -0.15) is 0 Å². The molecule has 2 aliphatic rings. The van der Waals surface area contributed by atoms with Crippen molar-refractivity contribution in [1.82, 2.24) is 5.16 Å². The van der Waals surface area contributed by atoms with Crippen LogP contribution >= 0.6 is 0 Å². The van der Waals surface area contributed by atoms with E-state index in [-0.39, 0.29) is 11.6 Å². The number of amides is 1. The monoisotopic (exact) mass is 376 g/mol. The predicted molar refractivity (Wildman–Crippen MR) is 103 cm³/mol. The van der Waals surface area contributed by atoms with E-state index in [1.807, 2.05) is 36.4 Å². The number of benzene rings is 2. The Morgan fingerprint density at radius 3 is 2.54 bits per heavy atom. The number of aromatic nitrogens is 1. The second kappa shape index (κ2) is 6.71. The third-order valence-corrected chi connectivity index (χ3v) is 5.21. The fraction of sp³-hybridized carbons (Fsp3) is 0.273. The first-order valence-electron chi connectivity index (χ1n) is 9.56. The van der Waals surface area contributed by atoms with Crippen molar-refractivity contribution in [2.75, 3.05) is 5.32 Å². The molecule has 0 radical (unpaired) electrons. The quantitative estimate of drug-likeness (QED) is 0.694. The van der Waals surface area contributed by atoms with E-state index in [0.717, 1.165) is 37.0 Å². The van der Waals surface area contributed by atoms with Crippen LogP contribution < -0.4 is 14.8 Å². The number of carbonyl (C=O) groups is 1. The van der Waals surface area contributed by atoms with E-state index in [1.54, 1.807) is 18.2 Å². The molecule has 1 saturated carbocycles. The van der Waals surface area contributed by atoms with Crippen LogP contribution in [0.2, 0.25) is 0 Å². The van der Waals surface area contributed by atoms with Gasteiger partial charge < -0.3 is 19.3 Å². The molecule has 1 aromatic heterocycles. The fourth-order valence-electron chi connectivity index (χ4n) is 3.78. The first kappa shape index (κ1) is 16.9. The van der Waals surface area contributed by atoms with Gasteiger partial charge in [-0.15, -0.1) is 0 Å².